The fourth-order valence-corrected chi connectivity index (χ4v) is 3.70. The van der Waals surface area contributed by atoms with Crippen molar-refractivity contribution in [1.29, 1.82) is 0 Å². The van der Waals surface area contributed by atoms with Crippen molar-refractivity contribution < 1.29 is 15.0 Å². The Kier molecular flexibility index (Phi) is 22.1. The first-order chi connectivity index (χ1) is 14.7. The molecule has 0 saturated heterocycles. The van der Waals surface area contributed by atoms with Crippen LogP contribution in [0.25, 0.3) is 0 Å². The van der Waals surface area contributed by atoms with Gasteiger partial charge in [0.2, 0.25) is 5.91 Å². The lowest BCUT2D eigenvalue weighted by atomic mass is 10.1. The van der Waals surface area contributed by atoms with E-state index in [0.29, 0.717) is 6.42 Å². The van der Waals surface area contributed by atoms with E-state index in [0.717, 1.165) is 25.7 Å². The largest absolute Gasteiger partial charge is 0.394 e. The molecule has 4 heteroatoms. The molecule has 0 aromatic rings. The van der Waals surface area contributed by atoms with Crippen LogP contribution in [0.1, 0.15) is 129 Å². The second kappa shape index (κ2) is 22.8. The number of aliphatic hydroxyl groups excluding tert-OH is 2. The Morgan fingerprint density at radius 2 is 1.23 bits per heavy atom. The van der Waals surface area contributed by atoms with Gasteiger partial charge in [0, 0.05) is 6.42 Å². The van der Waals surface area contributed by atoms with Crippen LogP contribution in [-0.4, -0.2) is 34.9 Å². The standard InChI is InChI=1S/C26H51NO3/c1-3-5-7-9-11-13-15-17-19-21-25(29)24(23-28)27-26(30)22-20-18-16-14-12-10-8-6-4-2/h19,21,24-25,28-29H,3-18,20,22-23H2,1-2H3,(H,27,30)/b21-19+. The minimum Gasteiger partial charge on any atom is -0.394 e. The molecule has 3 N–H and O–H groups in total. The quantitative estimate of drug-likeness (QED) is 0.138. The van der Waals surface area contributed by atoms with Crippen molar-refractivity contribution in [3.63, 3.8) is 0 Å². The molecule has 4 nitrogen and oxygen atoms in total. The van der Waals surface area contributed by atoms with E-state index in [1.165, 1.54) is 83.5 Å². The van der Waals surface area contributed by atoms with Gasteiger partial charge in [0.15, 0.2) is 0 Å². The van der Waals surface area contributed by atoms with Gasteiger partial charge in [0.1, 0.15) is 0 Å². The van der Waals surface area contributed by atoms with Gasteiger partial charge in [0.25, 0.3) is 0 Å². The zero-order valence-electron chi connectivity index (χ0n) is 20.0. The van der Waals surface area contributed by atoms with Crippen LogP contribution in [0.2, 0.25) is 0 Å². The monoisotopic (exact) mass is 425 g/mol. The van der Waals surface area contributed by atoms with Crippen molar-refractivity contribution >= 4 is 5.91 Å². The van der Waals surface area contributed by atoms with E-state index < -0.39 is 12.1 Å². The summed E-state index contributed by atoms with van der Waals surface area (Å²) in [4.78, 5) is 12.1. The number of amides is 1. The van der Waals surface area contributed by atoms with Crippen LogP contribution in [0.4, 0.5) is 0 Å². The molecule has 1 amide bonds. The van der Waals surface area contributed by atoms with E-state index >= 15 is 0 Å². The molecule has 0 spiro atoms. The molecule has 2 unspecified atom stereocenters. The number of unbranched alkanes of at least 4 members (excludes halogenated alkanes) is 15. The molecule has 2 atom stereocenters. The van der Waals surface area contributed by atoms with Crippen molar-refractivity contribution in [3.05, 3.63) is 12.2 Å². The fraction of sp³-hybridized carbons (Fsp3) is 0.885. The van der Waals surface area contributed by atoms with E-state index in [1.54, 1.807) is 6.08 Å². The third-order valence-electron chi connectivity index (χ3n) is 5.77. The van der Waals surface area contributed by atoms with E-state index in [4.69, 9.17) is 0 Å². The van der Waals surface area contributed by atoms with Gasteiger partial charge in [-0.1, -0.05) is 116 Å². The highest BCUT2D eigenvalue weighted by Gasteiger charge is 2.17. The number of carbonyl (C=O) groups excluding carboxylic acids is 1. The molecule has 0 heterocycles. The maximum Gasteiger partial charge on any atom is 0.220 e. The lowest BCUT2D eigenvalue weighted by Gasteiger charge is -2.20. The molecule has 0 aromatic carbocycles. The number of carbonyl (C=O) groups is 1. The van der Waals surface area contributed by atoms with Crippen molar-refractivity contribution in [2.45, 2.75) is 142 Å². The van der Waals surface area contributed by atoms with Gasteiger partial charge in [-0.3, -0.25) is 4.79 Å². The Labute approximate surface area is 186 Å². The summed E-state index contributed by atoms with van der Waals surface area (Å²) >= 11 is 0. The second-order valence-corrected chi connectivity index (χ2v) is 8.76. The highest BCUT2D eigenvalue weighted by Crippen LogP contribution is 2.11. The molecule has 178 valence electrons. The van der Waals surface area contributed by atoms with Gasteiger partial charge in [0.05, 0.1) is 18.8 Å². The summed E-state index contributed by atoms with van der Waals surface area (Å²) in [6.07, 6.45) is 24.2. The van der Waals surface area contributed by atoms with Crippen molar-refractivity contribution in [2.75, 3.05) is 6.61 Å². The van der Waals surface area contributed by atoms with Crippen molar-refractivity contribution in [1.82, 2.24) is 5.32 Å². The molecule has 0 radical (unpaired) electrons. The summed E-state index contributed by atoms with van der Waals surface area (Å²) in [5.74, 6) is -0.0727. The second-order valence-electron chi connectivity index (χ2n) is 8.76. The zero-order valence-corrected chi connectivity index (χ0v) is 20.0. The lowest BCUT2D eigenvalue weighted by molar-refractivity contribution is -0.123. The van der Waals surface area contributed by atoms with Crippen LogP contribution >= 0.6 is 0 Å². The molecule has 0 aromatic heterocycles. The Morgan fingerprint density at radius 1 is 0.767 bits per heavy atom. The summed E-state index contributed by atoms with van der Waals surface area (Å²) in [5, 5.41) is 22.5. The molecule has 0 fully saturated rings. The minimum absolute atomic E-state index is 0.0727. The summed E-state index contributed by atoms with van der Waals surface area (Å²) in [7, 11) is 0. The molecule has 30 heavy (non-hydrogen) atoms. The van der Waals surface area contributed by atoms with Gasteiger partial charge in [-0.25, -0.2) is 0 Å². The van der Waals surface area contributed by atoms with E-state index in [-0.39, 0.29) is 12.5 Å². The summed E-state index contributed by atoms with van der Waals surface area (Å²) in [6, 6.07) is -0.610. The minimum atomic E-state index is -0.827. The number of hydrogen-bond donors (Lipinski definition) is 3. The molecule has 0 saturated carbocycles. The number of allylic oxidation sites excluding steroid dienone is 1. The SMILES string of the molecule is CCCCCCCCC/C=C/C(O)C(CO)NC(=O)CCCCCCCCCCC. The predicted octanol–water partition coefficient (Wildman–Crippen LogP) is 6.44. The number of hydrogen-bond acceptors (Lipinski definition) is 3. The molecule has 0 rings (SSSR count). The number of rotatable bonds is 22. The number of aliphatic hydroxyl groups is 2. The molecule has 0 aliphatic heterocycles. The Bertz CT molecular complexity index is 398. The van der Waals surface area contributed by atoms with E-state index in [2.05, 4.69) is 19.2 Å². The normalized spacial score (nSPS) is 13.6. The molecule has 0 aliphatic rings. The van der Waals surface area contributed by atoms with Gasteiger partial charge in [-0.2, -0.15) is 0 Å². The van der Waals surface area contributed by atoms with Crippen LogP contribution in [-0.2, 0) is 4.79 Å². The average molecular weight is 426 g/mol. The van der Waals surface area contributed by atoms with Crippen molar-refractivity contribution in [3.8, 4) is 0 Å². The molecular formula is C26H51NO3. The molecular weight excluding hydrogens is 374 g/mol. The van der Waals surface area contributed by atoms with Gasteiger partial charge in [-0.15, -0.1) is 0 Å². The van der Waals surface area contributed by atoms with Crippen LogP contribution < -0.4 is 5.32 Å². The lowest BCUT2D eigenvalue weighted by Crippen LogP contribution is -2.45. The van der Waals surface area contributed by atoms with Crippen LogP contribution in [0, 0.1) is 0 Å². The Hall–Kier alpha value is -0.870. The van der Waals surface area contributed by atoms with Gasteiger partial charge in [-0.05, 0) is 19.3 Å². The summed E-state index contributed by atoms with van der Waals surface area (Å²) in [5.41, 5.74) is 0. The van der Waals surface area contributed by atoms with Crippen LogP contribution in [0.3, 0.4) is 0 Å². The van der Waals surface area contributed by atoms with E-state index in [9.17, 15) is 15.0 Å². The third-order valence-corrected chi connectivity index (χ3v) is 5.77. The fourth-order valence-electron chi connectivity index (χ4n) is 3.70. The third kappa shape index (κ3) is 19.1. The van der Waals surface area contributed by atoms with E-state index in [1.807, 2.05) is 6.08 Å². The highest BCUT2D eigenvalue weighted by molar-refractivity contribution is 5.76. The van der Waals surface area contributed by atoms with Gasteiger partial charge >= 0.3 is 0 Å². The summed E-state index contributed by atoms with van der Waals surface area (Å²) in [6.45, 7) is 4.22. The topological polar surface area (TPSA) is 69.6 Å². The maximum atomic E-state index is 12.1. The predicted molar refractivity (Wildman–Crippen MR) is 129 cm³/mol. The summed E-state index contributed by atoms with van der Waals surface area (Å²) < 4.78 is 0. The smallest absolute Gasteiger partial charge is 0.220 e. The zero-order chi connectivity index (χ0) is 22.3. The maximum absolute atomic E-state index is 12.1. The molecule has 0 bridgehead atoms. The average Bonchev–Trinajstić information content (AvgIpc) is 2.75. The Balaban J connectivity index is 3.75. The molecule has 0 aliphatic carbocycles. The number of nitrogens with one attached hydrogen (secondary N) is 1. The Morgan fingerprint density at radius 3 is 1.73 bits per heavy atom. The van der Waals surface area contributed by atoms with Crippen LogP contribution in [0.15, 0.2) is 12.2 Å². The highest BCUT2D eigenvalue weighted by atomic mass is 16.3. The van der Waals surface area contributed by atoms with Crippen LogP contribution in [0.5, 0.6) is 0 Å². The first-order valence-corrected chi connectivity index (χ1v) is 12.9. The van der Waals surface area contributed by atoms with Crippen molar-refractivity contribution in [2.24, 2.45) is 0 Å². The first-order valence-electron chi connectivity index (χ1n) is 12.9. The van der Waals surface area contributed by atoms with Gasteiger partial charge < -0.3 is 15.5 Å². The first kappa shape index (κ1) is 29.1.